The maximum atomic E-state index is 5.61. The molecule has 0 bridgehead atoms. The van der Waals surface area contributed by atoms with Gasteiger partial charge in [0.1, 0.15) is 0 Å². The van der Waals surface area contributed by atoms with Gasteiger partial charge in [-0.15, -0.1) is 0 Å². The van der Waals surface area contributed by atoms with Gasteiger partial charge in [0.05, 0.1) is 13.2 Å². The zero-order valence-electron chi connectivity index (χ0n) is 13.0. The Kier molecular flexibility index (Phi) is 6.11. The molecule has 2 rings (SSSR count). The van der Waals surface area contributed by atoms with Gasteiger partial charge < -0.3 is 10.1 Å². The van der Waals surface area contributed by atoms with E-state index < -0.39 is 0 Å². The molecule has 4 atom stereocenters. The molecule has 0 amide bonds. The highest BCUT2D eigenvalue weighted by Crippen LogP contribution is 2.32. The lowest BCUT2D eigenvalue weighted by Gasteiger charge is -2.47. The fraction of sp³-hybridized carbons (Fsp3) is 1.00. The van der Waals surface area contributed by atoms with E-state index >= 15 is 0 Å². The first-order valence-electron chi connectivity index (χ1n) is 8.33. The standard InChI is InChI=1S/C16H32N2O/c1-4-6-14-7-8-15(17-5-2)16(11-14)18-9-10-19-12-13(18)3/h13-17H,4-12H2,1-3H3. The topological polar surface area (TPSA) is 24.5 Å². The molecule has 1 aliphatic carbocycles. The Labute approximate surface area is 119 Å². The predicted molar refractivity (Wildman–Crippen MR) is 80.5 cm³/mol. The van der Waals surface area contributed by atoms with Gasteiger partial charge in [-0.1, -0.05) is 26.7 Å². The zero-order chi connectivity index (χ0) is 13.7. The second-order valence-corrected chi connectivity index (χ2v) is 6.36. The molecular formula is C16H32N2O. The average molecular weight is 268 g/mol. The first kappa shape index (κ1) is 15.3. The number of ether oxygens (including phenoxy) is 1. The first-order valence-corrected chi connectivity index (χ1v) is 8.33. The van der Waals surface area contributed by atoms with Gasteiger partial charge in [-0.05, 0) is 38.6 Å². The fourth-order valence-electron chi connectivity index (χ4n) is 4.00. The molecule has 4 unspecified atom stereocenters. The normalized spacial score (nSPS) is 37.4. The minimum absolute atomic E-state index is 0.584. The smallest absolute Gasteiger partial charge is 0.0619 e. The Morgan fingerprint density at radius 1 is 1.26 bits per heavy atom. The quantitative estimate of drug-likeness (QED) is 0.829. The van der Waals surface area contributed by atoms with Gasteiger partial charge in [0, 0.05) is 24.7 Å². The van der Waals surface area contributed by atoms with E-state index in [2.05, 4.69) is 31.0 Å². The summed E-state index contributed by atoms with van der Waals surface area (Å²) in [5.74, 6) is 0.944. The third-order valence-electron chi connectivity index (χ3n) is 4.93. The lowest BCUT2D eigenvalue weighted by Crippen LogP contribution is -2.58. The summed E-state index contributed by atoms with van der Waals surface area (Å²) in [7, 11) is 0. The van der Waals surface area contributed by atoms with E-state index in [0.29, 0.717) is 12.1 Å². The molecule has 0 aromatic rings. The van der Waals surface area contributed by atoms with E-state index in [-0.39, 0.29) is 0 Å². The molecule has 1 N–H and O–H groups in total. The lowest BCUT2D eigenvalue weighted by molar-refractivity contribution is -0.0425. The minimum atomic E-state index is 0.584. The van der Waals surface area contributed by atoms with Crippen LogP contribution in [-0.2, 0) is 4.74 Å². The van der Waals surface area contributed by atoms with Crippen molar-refractivity contribution in [2.24, 2.45) is 5.92 Å². The number of hydrogen-bond donors (Lipinski definition) is 1. The van der Waals surface area contributed by atoms with E-state index in [1.54, 1.807) is 0 Å². The molecule has 2 fully saturated rings. The van der Waals surface area contributed by atoms with Gasteiger partial charge in [-0.2, -0.15) is 0 Å². The molecule has 1 saturated heterocycles. The zero-order valence-corrected chi connectivity index (χ0v) is 13.0. The van der Waals surface area contributed by atoms with Gasteiger partial charge in [-0.25, -0.2) is 0 Å². The van der Waals surface area contributed by atoms with Crippen LogP contribution in [0.4, 0.5) is 0 Å². The molecule has 112 valence electrons. The van der Waals surface area contributed by atoms with Crippen LogP contribution in [0.2, 0.25) is 0 Å². The molecule has 3 heteroatoms. The molecule has 0 aromatic heterocycles. The maximum absolute atomic E-state index is 5.61. The van der Waals surface area contributed by atoms with Crippen molar-refractivity contribution >= 4 is 0 Å². The van der Waals surface area contributed by atoms with Crippen molar-refractivity contribution in [1.29, 1.82) is 0 Å². The van der Waals surface area contributed by atoms with Crippen LogP contribution in [0.1, 0.15) is 52.9 Å². The summed E-state index contributed by atoms with van der Waals surface area (Å²) < 4.78 is 5.61. The Balaban J connectivity index is 2.01. The van der Waals surface area contributed by atoms with Gasteiger partial charge in [-0.3, -0.25) is 4.90 Å². The van der Waals surface area contributed by atoms with Gasteiger partial charge in [0.2, 0.25) is 0 Å². The van der Waals surface area contributed by atoms with Gasteiger partial charge in [0.25, 0.3) is 0 Å². The minimum Gasteiger partial charge on any atom is -0.379 e. The number of hydrogen-bond acceptors (Lipinski definition) is 3. The molecule has 19 heavy (non-hydrogen) atoms. The number of morpholine rings is 1. The molecule has 1 heterocycles. The first-order chi connectivity index (χ1) is 9.26. The SMILES string of the molecule is CCCC1CCC(NCC)C(N2CCOCC2C)C1. The molecule has 0 radical (unpaired) electrons. The van der Waals surface area contributed by atoms with Crippen molar-refractivity contribution in [1.82, 2.24) is 10.2 Å². The van der Waals surface area contributed by atoms with Crippen molar-refractivity contribution in [3.05, 3.63) is 0 Å². The third-order valence-corrected chi connectivity index (χ3v) is 4.93. The van der Waals surface area contributed by atoms with Crippen LogP contribution in [0.25, 0.3) is 0 Å². The largest absolute Gasteiger partial charge is 0.379 e. The van der Waals surface area contributed by atoms with E-state index in [9.17, 15) is 0 Å². The molecule has 0 aromatic carbocycles. The van der Waals surface area contributed by atoms with E-state index in [1.165, 1.54) is 32.1 Å². The van der Waals surface area contributed by atoms with E-state index in [1.807, 2.05) is 0 Å². The molecular weight excluding hydrogens is 236 g/mol. The third kappa shape index (κ3) is 3.93. The highest BCUT2D eigenvalue weighted by molar-refractivity contribution is 4.93. The van der Waals surface area contributed by atoms with Crippen LogP contribution in [-0.4, -0.2) is 49.3 Å². The van der Waals surface area contributed by atoms with Crippen LogP contribution in [0, 0.1) is 5.92 Å². The Hall–Kier alpha value is -0.120. The Morgan fingerprint density at radius 3 is 2.79 bits per heavy atom. The van der Waals surface area contributed by atoms with Crippen molar-refractivity contribution in [3.8, 4) is 0 Å². The Morgan fingerprint density at radius 2 is 2.11 bits per heavy atom. The predicted octanol–water partition coefficient (Wildman–Crippen LogP) is 2.65. The summed E-state index contributed by atoms with van der Waals surface area (Å²) in [5, 5.41) is 3.73. The van der Waals surface area contributed by atoms with Crippen LogP contribution in [0.15, 0.2) is 0 Å². The molecule has 2 aliphatic rings. The van der Waals surface area contributed by atoms with Crippen molar-refractivity contribution in [2.75, 3.05) is 26.3 Å². The summed E-state index contributed by atoms with van der Waals surface area (Å²) in [6, 6.07) is 2.00. The second kappa shape index (κ2) is 7.61. The number of nitrogens with zero attached hydrogens (tertiary/aromatic N) is 1. The molecule has 1 aliphatic heterocycles. The summed E-state index contributed by atoms with van der Waals surface area (Å²) in [6.45, 7) is 10.9. The summed E-state index contributed by atoms with van der Waals surface area (Å²) in [6.07, 6.45) is 6.90. The maximum Gasteiger partial charge on any atom is 0.0619 e. The molecule has 1 saturated carbocycles. The van der Waals surface area contributed by atoms with Crippen LogP contribution in [0.5, 0.6) is 0 Å². The van der Waals surface area contributed by atoms with Crippen LogP contribution < -0.4 is 5.32 Å². The number of rotatable bonds is 5. The molecule has 0 spiro atoms. The summed E-state index contributed by atoms with van der Waals surface area (Å²) in [4.78, 5) is 2.72. The van der Waals surface area contributed by atoms with E-state index in [0.717, 1.165) is 38.3 Å². The van der Waals surface area contributed by atoms with Crippen molar-refractivity contribution in [2.45, 2.75) is 71.0 Å². The highest BCUT2D eigenvalue weighted by atomic mass is 16.5. The van der Waals surface area contributed by atoms with Crippen LogP contribution in [0.3, 0.4) is 0 Å². The average Bonchev–Trinajstić information content (AvgIpc) is 2.42. The fourth-order valence-corrected chi connectivity index (χ4v) is 4.00. The Bertz CT molecular complexity index is 259. The van der Waals surface area contributed by atoms with Gasteiger partial charge in [0.15, 0.2) is 0 Å². The van der Waals surface area contributed by atoms with Crippen molar-refractivity contribution < 1.29 is 4.74 Å². The monoisotopic (exact) mass is 268 g/mol. The van der Waals surface area contributed by atoms with Gasteiger partial charge >= 0.3 is 0 Å². The highest BCUT2D eigenvalue weighted by Gasteiger charge is 2.36. The van der Waals surface area contributed by atoms with Crippen molar-refractivity contribution in [3.63, 3.8) is 0 Å². The number of likely N-dealkylation sites (N-methyl/N-ethyl adjacent to an activating group) is 1. The second-order valence-electron chi connectivity index (χ2n) is 6.36. The van der Waals surface area contributed by atoms with E-state index in [4.69, 9.17) is 4.74 Å². The molecule has 3 nitrogen and oxygen atoms in total. The number of nitrogens with one attached hydrogen (secondary N) is 1. The summed E-state index contributed by atoms with van der Waals surface area (Å²) >= 11 is 0. The lowest BCUT2D eigenvalue weighted by atomic mass is 9.79. The van der Waals surface area contributed by atoms with Crippen LogP contribution >= 0.6 is 0 Å². The summed E-state index contributed by atoms with van der Waals surface area (Å²) in [5.41, 5.74) is 0.